The molecule has 0 saturated heterocycles. The van der Waals surface area contributed by atoms with Gasteiger partial charge >= 0.3 is 0 Å². The number of anilines is 1. The number of nitrogen functional groups attached to an aromatic ring is 1. The fourth-order valence-electron chi connectivity index (χ4n) is 1.42. The average molecular weight is 252 g/mol. The number of hydrogen-bond acceptors (Lipinski definition) is 2. The monoisotopic (exact) mass is 251 g/mol. The molecule has 17 heavy (non-hydrogen) atoms. The zero-order valence-corrected chi connectivity index (χ0v) is 9.96. The summed E-state index contributed by atoms with van der Waals surface area (Å²) in [7, 11) is 0. The van der Waals surface area contributed by atoms with Crippen LogP contribution in [-0.4, -0.2) is 0 Å². The van der Waals surface area contributed by atoms with Crippen molar-refractivity contribution < 1.29 is 9.13 Å². The van der Waals surface area contributed by atoms with Gasteiger partial charge in [-0.3, -0.25) is 0 Å². The van der Waals surface area contributed by atoms with E-state index in [9.17, 15) is 4.39 Å². The van der Waals surface area contributed by atoms with Gasteiger partial charge in [0.25, 0.3) is 0 Å². The van der Waals surface area contributed by atoms with Gasteiger partial charge in [0.15, 0.2) is 17.3 Å². The lowest BCUT2D eigenvalue weighted by Gasteiger charge is -2.10. The third kappa shape index (κ3) is 2.34. The number of ether oxygens (including phenoxy) is 1. The van der Waals surface area contributed by atoms with E-state index < -0.39 is 5.82 Å². The molecule has 2 aromatic rings. The van der Waals surface area contributed by atoms with Crippen molar-refractivity contribution in [3.63, 3.8) is 0 Å². The Hall–Kier alpha value is -1.74. The van der Waals surface area contributed by atoms with Gasteiger partial charge in [0.1, 0.15) is 0 Å². The molecule has 0 aliphatic heterocycles. The summed E-state index contributed by atoms with van der Waals surface area (Å²) in [5, 5.41) is 0.385. The van der Waals surface area contributed by atoms with Crippen LogP contribution in [0.2, 0.25) is 5.02 Å². The summed E-state index contributed by atoms with van der Waals surface area (Å²) < 4.78 is 19.1. The summed E-state index contributed by atoms with van der Waals surface area (Å²) in [5.74, 6) is 0.0906. The van der Waals surface area contributed by atoms with Gasteiger partial charge in [0, 0.05) is 0 Å². The maximum Gasteiger partial charge on any atom is 0.168 e. The highest BCUT2D eigenvalue weighted by Gasteiger charge is 2.10. The molecule has 0 aliphatic rings. The summed E-state index contributed by atoms with van der Waals surface area (Å²) in [6.45, 7) is 1.67. The minimum atomic E-state index is -0.396. The summed E-state index contributed by atoms with van der Waals surface area (Å²) in [6, 6.07) is 9.92. The molecule has 2 aromatic carbocycles. The maximum absolute atomic E-state index is 13.7. The van der Waals surface area contributed by atoms with Crippen molar-refractivity contribution in [1.82, 2.24) is 0 Å². The Morgan fingerprint density at radius 3 is 2.53 bits per heavy atom. The topological polar surface area (TPSA) is 35.2 Å². The van der Waals surface area contributed by atoms with Crippen LogP contribution in [0.25, 0.3) is 0 Å². The van der Waals surface area contributed by atoms with Gasteiger partial charge < -0.3 is 10.5 Å². The van der Waals surface area contributed by atoms with Crippen LogP contribution in [0.4, 0.5) is 10.1 Å². The lowest BCUT2D eigenvalue weighted by molar-refractivity contribution is 0.442. The molecule has 0 saturated carbocycles. The number of para-hydroxylation sites is 1. The second kappa shape index (κ2) is 4.63. The molecule has 0 radical (unpaired) electrons. The Labute approximate surface area is 104 Å². The molecule has 0 aliphatic carbocycles. The van der Waals surface area contributed by atoms with Crippen LogP contribution in [0.1, 0.15) is 5.56 Å². The van der Waals surface area contributed by atoms with Crippen molar-refractivity contribution in [3.8, 4) is 11.5 Å². The number of rotatable bonds is 2. The van der Waals surface area contributed by atoms with Gasteiger partial charge in [0.2, 0.25) is 0 Å². The first-order chi connectivity index (χ1) is 8.09. The van der Waals surface area contributed by atoms with Crippen LogP contribution < -0.4 is 10.5 Å². The van der Waals surface area contributed by atoms with E-state index in [1.54, 1.807) is 43.3 Å². The molecule has 0 amide bonds. The zero-order valence-electron chi connectivity index (χ0n) is 9.21. The summed E-state index contributed by atoms with van der Waals surface area (Å²) in [4.78, 5) is 0. The van der Waals surface area contributed by atoms with E-state index in [-0.39, 0.29) is 5.75 Å². The molecule has 0 heterocycles. The molecule has 88 valence electrons. The molecule has 0 unspecified atom stereocenters. The van der Waals surface area contributed by atoms with Crippen molar-refractivity contribution in [3.05, 3.63) is 52.8 Å². The lowest BCUT2D eigenvalue weighted by atomic mass is 10.2. The van der Waals surface area contributed by atoms with E-state index in [0.29, 0.717) is 22.0 Å². The Kier molecular flexibility index (Phi) is 3.20. The predicted molar refractivity (Wildman–Crippen MR) is 67.1 cm³/mol. The minimum Gasteiger partial charge on any atom is -0.452 e. The van der Waals surface area contributed by atoms with Crippen LogP contribution in [0.5, 0.6) is 11.5 Å². The van der Waals surface area contributed by atoms with Crippen molar-refractivity contribution >= 4 is 17.3 Å². The molecular formula is C13H11ClFNO. The highest BCUT2D eigenvalue weighted by Crippen LogP contribution is 2.33. The molecule has 0 atom stereocenters. The van der Waals surface area contributed by atoms with Gasteiger partial charge in [0.05, 0.1) is 10.7 Å². The van der Waals surface area contributed by atoms with E-state index in [2.05, 4.69) is 0 Å². The third-order valence-electron chi connectivity index (χ3n) is 2.39. The number of hydrogen-bond donors (Lipinski definition) is 1. The van der Waals surface area contributed by atoms with Crippen LogP contribution in [0.3, 0.4) is 0 Å². The van der Waals surface area contributed by atoms with Crippen LogP contribution in [0.15, 0.2) is 36.4 Å². The van der Waals surface area contributed by atoms with Crippen LogP contribution in [-0.2, 0) is 0 Å². The Morgan fingerprint density at radius 1 is 1.12 bits per heavy atom. The van der Waals surface area contributed by atoms with Gasteiger partial charge in [-0.2, -0.15) is 0 Å². The van der Waals surface area contributed by atoms with Crippen molar-refractivity contribution in [2.45, 2.75) is 6.92 Å². The second-order valence-electron chi connectivity index (χ2n) is 3.64. The molecule has 2 nitrogen and oxygen atoms in total. The third-order valence-corrected chi connectivity index (χ3v) is 2.72. The molecule has 0 aromatic heterocycles. The van der Waals surface area contributed by atoms with Crippen LogP contribution in [0, 0.1) is 12.7 Å². The minimum absolute atomic E-state index is 0.138. The van der Waals surface area contributed by atoms with Gasteiger partial charge in [-0.05, 0) is 30.7 Å². The van der Waals surface area contributed by atoms with E-state index in [1.165, 1.54) is 0 Å². The quantitative estimate of drug-likeness (QED) is 0.814. The van der Waals surface area contributed by atoms with Crippen molar-refractivity contribution in [2.75, 3.05) is 5.73 Å². The SMILES string of the molecule is Cc1cccc(Oc2cccc(Cl)c2N)c1F. The standard InChI is InChI=1S/C13H11ClFNO/c1-8-4-2-6-10(12(8)15)17-11-7-3-5-9(14)13(11)16/h2-7H,16H2,1H3. The summed E-state index contributed by atoms with van der Waals surface area (Å²) >= 11 is 5.85. The fourth-order valence-corrected chi connectivity index (χ4v) is 1.59. The molecule has 2 N–H and O–H groups in total. The Bertz CT molecular complexity index is 508. The molecule has 2 rings (SSSR count). The van der Waals surface area contributed by atoms with E-state index in [4.69, 9.17) is 22.1 Å². The molecular weight excluding hydrogens is 241 g/mol. The molecule has 0 bridgehead atoms. The first-order valence-electron chi connectivity index (χ1n) is 5.06. The lowest BCUT2D eigenvalue weighted by Crippen LogP contribution is -1.95. The summed E-state index contributed by atoms with van der Waals surface area (Å²) in [6.07, 6.45) is 0. The van der Waals surface area contributed by atoms with Crippen molar-refractivity contribution in [1.29, 1.82) is 0 Å². The van der Waals surface area contributed by atoms with Crippen LogP contribution >= 0.6 is 11.6 Å². The summed E-state index contributed by atoms with van der Waals surface area (Å²) in [5.41, 5.74) is 6.56. The first-order valence-corrected chi connectivity index (χ1v) is 5.44. The van der Waals surface area contributed by atoms with Gasteiger partial charge in [-0.1, -0.05) is 29.8 Å². The Morgan fingerprint density at radius 2 is 1.76 bits per heavy atom. The molecule has 0 spiro atoms. The van der Waals surface area contributed by atoms with Crippen molar-refractivity contribution in [2.24, 2.45) is 0 Å². The number of halogens is 2. The first kappa shape index (κ1) is 11.7. The highest BCUT2D eigenvalue weighted by atomic mass is 35.5. The largest absolute Gasteiger partial charge is 0.452 e. The Balaban J connectivity index is 2.38. The zero-order chi connectivity index (χ0) is 12.4. The van der Waals surface area contributed by atoms with Gasteiger partial charge in [-0.25, -0.2) is 4.39 Å². The maximum atomic E-state index is 13.7. The van der Waals surface area contributed by atoms with E-state index in [0.717, 1.165) is 0 Å². The van der Waals surface area contributed by atoms with E-state index in [1.807, 2.05) is 0 Å². The molecule has 4 heteroatoms. The smallest absolute Gasteiger partial charge is 0.168 e. The number of nitrogens with two attached hydrogens (primary N) is 1. The second-order valence-corrected chi connectivity index (χ2v) is 4.05. The normalized spacial score (nSPS) is 10.3. The van der Waals surface area contributed by atoms with Gasteiger partial charge in [-0.15, -0.1) is 0 Å². The van der Waals surface area contributed by atoms with E-state index >= 15 is 0 Å². The number of aryl methyl sites for hydroxylation is 1. The molecule has 0 fully saturated rings. The predicted octanol–water partition coefficient (Wildman–Crippen LogP) is 4.16. The average Bonchev–Trinajstić information content (AvgIpc) is 2.31. The highest BCUT2D eigenvalue weighted by molar-refractivity contribution is 6.33. The number of benzene rings is 2. The fraction of sp³-hybridized carbons (Fsp3) is 0.0769.